The van der Waals surface area contributed by atoms with Crippen molar-refractivity contribution >= 4 is 40.9 Å². The number of rotatable bonds is 8. The van der Waals surface area contributed by atoms with Gasteiger partial charge in [-0.15, -0.1) is 11.8 Å². The summed E-state index contributed by atoms with van der Waals surface area (Å²) in [5.74, 6) is -0.296. The molecule has 1 atom stereocenters. The maximum Gasteiger partial charge on any atom is 0.238 e. The average molecular weight is 406 g/mol. The summed E-state index contributed by atoms with van der Waals surface area (Å²) in [6.07, 6.45) is 1.96. The number of carbonyl (C=O) groups is 2. The number of halogens is 1. The second kappa shape index (κ2) is 10.3. The van der Waals surface area contributed by atoms with Crippen molar-refractivity contribution in [3.8, 4) is 0 Å². The van der Waals surface area contributed by atoms with Gasteiger partial charge in [-0.3, -0.25) is 14.5 Å². The van der Waals surface area contributed by atoms with Crippen molar-refractivity contribution in [2.75, 3.05) is 31.7 Å². The van der Waals surface area contributed by atoms with Crippen LogP contribution in [-0.2, 0) is 9.59 Å². The van der Waals surface area contributed by atoms with Crippen molar-refractivity contribution < 1.29 is 9.59 Å². The van der Waals surface area contributed by atoms with Gasteiger partial charge in [-0.05, 0) is 50.1 Å². The van der Waals surface area contributed by atoms with Gasteiger partial charge in [-0.2, -0.15) is 0 Å². The molecule has 2 amide bonds. The lowest BCUT2D eigenvalue weighted by molar-refractivity contribution is -0.123. The van der Waals surface area contributed by atoms with E-state index < -0.39 is 0 Å². The molecule has 2 rings (SSSR count). The topological polar surface area (TPSA) is 61.4 Å². The van der Waals surface area contributed by atoms with Gasteiger partial charge in [0.15, 0.2) is 0 Å². The van der Waals surface area contributed by atoms with E-state index in [1.807, 2.05) is 49.6 Å². The fourth-order valence-electron chi connectivity index (χ4n) is 2.61. The summed E-state index contributed by atoms with van der Waals surface area (Å²) in [6, 6.07) is 14.8. The van der Waals surface area contributed by atoms with Gasteiger partial charge in [0.05, 0.1) is 24.8 Å². The lowest BCUT2D eigenvalue weighted by atomic mass is 10.1. The van der Waals surface area contributed by atoms with Crippen LogP contribution in [0.3, 0.4) is 0 Å². The molecular formula is C20H24ClN3O2S. The predicted molar refractivity (Wildman–Crippen MR) is 112 cm³/mol. The van der Waals surface area contributed by atoms with E-state index >= 15 is 0 Å². The monoisotopic (exact) mass is 405 g/mol. The Bertz CT molecular complexity index is 783. The third-order valence-corrected chi connectivity index (χ3v) is 5.00. The molecule has 0 fully saturated rings. The van der Waals surface area contributed by atoms with Crippen LogP contribution in [0.15, 0.2) is 53.4 Å². The second-order valence-electron chi connectivity index (χ2n) is 6.26. The van der Waals surface area contributed by atoms with E-state index in [0.29, 0.717) is 5.02 Å². The largest absolute Gasteiger partial charge is 0.348 e. The number of nitrogens with zero attached hydrogens (tertiary/aromatic N) is 1. The summed E-state index contributed by atoms with van der Waals surface area (Å²) in [5, 5.41) is 6.48. The van der Waals surface area contributed by atoms with Crippen LogP contribution in [-0.4, -0.2) is 43.1 Å². The zero-order chi connectivity index (χ0) is 19.8. The van der Waals surface area contributed by atoms with Gasteiger partial charge in [-0.1, -0.05) is 35.9 Å². The molecule has 2 N–H and O–H groups in total. The molecule has 7 heteroatoms. The molecule has 0 spiro atoms. The molecular weight excluding hydrogens is 382 g/mol. The normalized spacial score (nSPS) is 11.9. The molecule has 0 saturated heterocycles. The minimum atomic E-state index is -0.155. The first-order valence-electron chi connectivity index (χ1n) is 8.55. The van der Waals surface area contributed by atoms with Gasteiger partial charge in [0.1, 0.15) is 0 Å². The number of para-hydroxylation sites is 1. The number of thioether (sulfide) groups is 1. The first kappa shape index (κ1) is 21.3. The van der Waals surface area contributed by atoms with Crippen LogP contribution >= 0.6 is 23.4 Å². The van der Waals surface area contributed by atoms with E-state index in [0.717, 1.165) is 16.1 Å². The molecule has 0 unspecified atom stereocenters. The van der Waals surface area contributed by atoms with Crippen molar-refractivity contribution in [1.29, 1.82) is 0 Å². The van der Waals surface area contributed by atoms with Gasteiger partial charge >= 0.3 is 0 Å². The Labute approximate surface area is 169 Å². The van der Waals surface area contributed by atoms with Crippen LogP contribution in [0.4, 0.5) is 5.69 Å². The van der Waals surface area contributed by atoms with Gasteiger partial charge in [0, 0.05) is 9.92 Å². The average Bonchev–Trinajstić information content (AvgIpc) is 2.62. The van der Waals surface area contributed by atoms with Gasteiger partial charge in [-0.25, -0.2) is 0 Å². The fourth-order valence-corrected chi connectivity index (χ4v) is 3.29. The minimum Gasteiger partial charge on any atom is -0.348 e. The van der Waals surface area contributed by atoms with Crippen molar-refractivity contribution in [3.05, 3.63) is 59.1 Å². The molecule has 2 aromatic rings. The lowest BCUT2D eigenvalue weighted by Crippen LogP contribution is -2.39. The van der Waals surface area contributed by atoms with Crippen LogP contribution in [0.5, 0.6) is 0 Å². The summed E-state index contributed by atoms with van der Waals surface area (Å²) in [6.45, 7) is 2.17. The molecule has 0 aliphatic rings. The van der Waals surface area contributed by atoms with Crippen molar-refractivity contribution in [2.24, 2.45) is 0 Å². The van der Waals surface area contributed by atoms with E-state index in [1.54, 1.807) is 35.8 Å². The van der Waals surface area contributed by atoms with Crippen LogP contribution in [0.1, 0.15) is 18.5 Å². The van der Waals surface area contributed by atoms with Crippen LogP contribution in [0, 0.1) is 0 Å². The first-order chi connectivity index (χ1) is 12.9. The van der Waals surface area contributed by atoms with Crippen LogP contribution in [0.2, 0.25) is 5.02 Å². The SMILES string of the molecule is CSc1ccccc1NC(=O)CN(C)CC(=O)N[C@@H](C)c1ccc(Cl)cc1. The number of amides is 2. The highest BCUT2D eigenvalue weighted by Gasteiger charge is 2.14. The number of hydrogen-bond acceptors (Lipinski definition) is 4. The summed E-state index contributed by atoms with van der Waals surface area (Å²) in [7, 11) is 1.74. The smallest absolute Gasteiger partial charge is 0.238 e. The van der Waals surface area contributed by atoms with Crippen molar-refractivity contribution in [3.63, 3.8) is 0 Å². The highest BCUT2D eigenvalue weighted by Crippen LogP contribution is 2.24. The molecule has 2 aromatic carbocycles. The van der Waals surface area contributed by atoms with Crippen LogP contribution in [0.25, 0.3) is 0 Å². The molecule has 0 bridgehead atoms. The standard InChI is InChI=1S/C20H24ClN3O2S/c1-14(15-8-10-16(21)11-9-15)22-19(25)12-24(2)13-20(26)23-17-6-4-5-7-18(17)27-3/h4-11,14H,12-13H2,1-3H3,(H,22,25)(H,23,26)/t14-/m0/s1. The number of anilines is 1. The molecule has 27 heavy (non-hydrogen) atoms. The maximum absolute atomic E-state index is 12.2. The highest BCUT2D eigenvalue weighted by molar-refractivity contribution is 7.98. The molecule has 5 nitrogen and oxygen atoms in total. The van der Waals surface area contributed by atoms with Crippen LogP contribution < -0.4 is 10.6 Å². The van der Waals surface area contributed by atoms with Gasteiger partial charge in [0.25, 0.3) is 0 Å². The summed E-state index contributed by atoms with van der Waals surface area (Å²) < 4.78 is 0. The quantitative estimate of drug-likeness (QED) is 0.655. The number of benzene rings is 2. The Balaban J connectivity index is 1.81. The minimum absolute atomic E-state index is 0.130. The Morgan fingerprint density at radius 2 is 1.70 bits per heavy atom. The molecule has 0 radical (unpaired) electrons. The number of hydrogen-bond donors (Lipinski definition) is 2. The predicted octanol–water partition coefficient (Wildman–Crippen LogP) is 3.81. The molecule has 0 aliphatic heterocycles. The molecule has 0 aromatic heterocycles. The molecule has 144 valence electrons. The Hall–Kier alpha value is -2.02. The highest BCUT2D eigenvalue weighted by atomic mass is 35.5. The van der Waals surface area contributed by atoms with Crippen molar-refractivity contribution in [2.45, 2.75) is 17.9 Å². The van der Waals surface area contributed by atoms with Crippen molar-refractivity contribution in [1.82, 2.24) is 10.2 Å². The van der Waals surface area contributed by atoms with Gasteiger partial charge < -0.3 is 10.6 Å². The second-order valence-corrected chi connectivity index (χ2v) is 7.55. The Morgan fingerprint density at radius 3 is 2.37 bits per heavy atom. The molecule has 0 aliphatic carbocycles. The first-order valence-corrected chi connectivity index (χ1v) is 10.2. The number of likely N-dealkylation sites (N-methyl/N-ethyl adjacent to an activating group) is 1. The molecule has 0 saturated carbocycles. The zero-order valence-corrected chi connectivity index (χ0v) is 17.2. The van der Waals surface area contributed by atoms with E-state index in [2.05, 4.69) is 10.6 Å². The lowest BCUT2D eigenvalue weighted by Gasteiger charge is -2.19. The zero-order valence-electron chi connectivity index (χ0n) is 15.7. The number of nitrogens with one attached hydrogen (secondary N) is 2. The molecule has 0 heterocycles. The Kier molecular flexibility index (Phi) is 8.16. The third kappa shape index (κ3) is 6.90. The van der Waals surface area contributed by atoms with E-state index in [1.165, 1.54) is 0 Å². The summed E-state index contributed by atoms with van der Waals surface area (Å²) in [5.41, 5.74) is 1.76. The third-order valence-electron chi connectivity index (χ3n) is 3.96. The van der Waals surface area contributed by atoms with E-state index in [4.69, 9.17) is 11.6 Å². The van der Waals surface area contributed by atoms with E-state index in [-0.39, 0.29) is 30.9 Å². The maximum atomic E-state index is 12.2. The summed E-state index contributed by atoms with van der Waals surface area (Å²) >= 11 is 7.45. The van der Waals surface area contributed by atoms with E-state index in [9.17, 15) is 9.59 Å². The Morgan fingerprint density at radius 1 is 1.07 bits per heavy atom. The summed E-state index contributed by atoms with van der Waals surface area (Å²) in [4.78, 5) is 27.2. The fraction of sp³-hybridized carbons (Fsp3) is 0.300. The van der Waals surface area contributed by atoms with Gasteiger partial charge in [0.2, 0.25) is 11.8 Å². The number of carbonyl (C=O) groups excluding carboxylic acids is 2.